The Morgan fingerprint density at radius 3 is 1.83 bits per heavy atom. The number of rotatable bonds is 3. The molecule has 5 rings (SSSR count). The lowest BCUT2D eigenvalue weighted by molar-refractivity contribution is 1.18. The van der Waals surface area contributed by atoms with Crippen LogP contribution in [0.5, 0.6) is 0 Å². The van der Waals surface area contributed by atoms with Gasteiger partial charge in [0.05, 0.1) is 11.4 Å². The Kier molecular flexibility index (Phi) is 4.55. The van der Waals surface area contributed by atoms with Crippen molar-refractivity contribution in [1.29, 1.82) is 0 Å². The molecule has 1 aromatic heterocycles. The summed E-state index contributed by atoms with van der Waals surface area (Å²) in [6.45, 7) is 0. The van der Waals surface area contributed by atoms with Crippen molar-refractivity contribution in [1.82, 2.24) is 9.97 Å². The van der Waals surface area contributed by atoms with E-state index in [1.54, 1.807) is 0 Å². The molecule has 0 radical (unpaired) electrons. The molecular formula is C26H17ClN2. The van der Waals surface area contributed by atoms with E-state index in [0.29, 0.717) is 5.82 Å². The highest BCUT2D eigenvalue weighted by Gasteiger charge is 2.12. The Hall–Kier alpha value is -3.49. The van der Waals surface area contributed by atoms with Gasteiger partial charge in [0.15, 0.2) is 5.82 Å². The first-order valence-electron chi connectivity index (χ1n) is 9.46. The van der Waals surface area contributed by atoms with E-state index in [1.807, 2.05) is 78.9 Å². The molecule has 0 spiro atoms. The zero-order valence-electron chi connectivity index (χ0n) is 15.6. The average molecular weight is 393 g/mol. The molecule has 0 aliphatic heterocycles. The largest absolute Gasteiger partial charge is 0.228 e. The smallest absolute Gasteiger partial charge is 0.160 e. The molecule has 1 heterocycles. The van der Waals surface area contributed by atoms with E-state index in [1.165, 1.54) is 0 Å². The first kappa shape index (κ1) is 17.6. The fraction of sp³-hybridized carbons (Fsp3) is 0. The molecule has 29 heavy (non-hydrogen) atoms. The standard InChI is InChI=1S/C26H17ClN2/c27-23-16-21(15-20-13-7-8-14-22(20)23)25-17-24(18-9-3-1-4-10-18)28-26(29-25)19-11-5-2-6-12-19/h1-17H. The van der Waals surface area contributed by atoms with Crippen molar-refractivity contribution < 1.29 is 0 Å². The maximum atomic E-state index is 6.58. The Labute approximate surface area is 174 Å². The fourth-order valence-electron chi connectivity index (χ4n) is 3.48. The van der Waals surface area contributed by atoms with E-state index >= 15 is 0 Å². The molecule has 0 amide bonds. The van der Waals surface area contributed by atoms with Crippen LogP contribution in [-0.2, 0) is 0 Å². The van der Waals surface area contributed by atoms with E-state index in [-0.39, 0.29) is 0 Å². The first-order valence-corrected chi connectivity index (χ1v) is 9.84. The molecule has 138 valence electrons. The Balaban J connectivity index is 1.74. The lowest BCUT2D eigenvalue weighted by Crippen LogP contribution is -1.96. The SMILES string of the molecule is Clc1cc(-c2cc(-c3ccccc3)nc(-c3ccccc3)n2)cc2ccccc12. The topological polar surface area (TPSA) is 25.8 Å². The second kappa shape index (κ2) is 7.50. The van der Waals surface area contributed by atoms with Gasteiger partial charge in [-0.2, -0.15) is 0 Å². The third-order valence-corrected chi connectivity index (χ3v) is 5.25. The second-order valence-electron chi connectivity index (χ2n) is 6.87. The van der Waals surface area contributed by atoms with Crippen molar-refractivity contribution in [3.63, 3.8) is 0 Å². The molecule has 0 aliphatic rings. The number of fused-ring (bicyclic) bond motifs is 1. The van der Waals surface area contributed by atoms with Crippen LogP contribution in [0.4, 0.5) is 0 Å². The van der Waals surface area contributed by atoms with Crippen LogP contribution in [0, 0.1) is 0 Å². The van der Waals surface area contributed by atoms with Crippen LogP contribution >= 0.6 is 11.6 Å². The molecule has 0 atom stereocenters. The van der Waals surface area contributed by atoms with Crippen LogP contribution in [0.3, 0.4) is 0 Å². The van der Waals surface area contributed by atoms with Gasteiger partial charge in [-0.15, -0.1) is 0 Å². The number of hydrogen-bond donors (Lipinski definition) is 0. The molecule has 0 N–H and O–H groups in total. The second-order valence-corrected chi connectivity index (χ2v) is 7.28. The molecule has 0 bridgehead atoms. The fourth-order valence-corrected chi connectivity index (χ4v) is 3.77. The van der Waals surface area contributed by atoms with Crippen molar-refractivity contribution >= 4 is 22.4 Å². The number of aromatic nitrogens is 2. The average Bonchev–Trinajstić information content (AvgIpc) is 2.80. The van der Waals surface area contributed by atoms with Crippen molar-refractivity contribution in [2.24, 2.45) is 0 Å². The molecular weight excluding hydrogens is 376 g/mol. The molecule has 0 saturated heterocycles. The summed E-state index contributed by atoms with van der Waals surface area (Å²) >= 11 is 6.58. The molecule has 0 unspecified atom stereocenters. The highest BCUT2D eigenvalue weighted by Crippen LogP contribution is 2.32. The molecule has 3 heteroatoms. The minimum absolute atomic E-state index is 0.700. The molecule has 2 nitrogen and oxygen atoms in total. The first-order chi connectivity index (χ1) is 14.3. The summed E-state index contributed by atoms with van der Waals surface area (Å²) in [7, 11) is 0. The van der Waals surface area contributed by atoms with Gasteiger partial charge >= 0.3 is 0 Å². The van der Waals surface area contributed by atoms with Gasteiger partial charge in [0.25, 0.3) is 0 Å². The van der Waals surface area contributed by atoms with Gasteiger partial charge in [0, 0.05) is 27.1 Å². The van der Waals surface area contributed by atoms with Crippen LogP contribution in [0.1, 0.15) is 0 Å². The van der Waals surface area contributed by atoms with E-state index in [4.69, 9.17) is 21.6 Å². The maximum absolute atomic E-state index is 6.58. The summed E-state index contributed by atoms with van der Waals surface area (Å²) in [6.07, 6.45) is 0. The zero-order valence-corrected chi connectivity index (χ0v) is 16.3. The summed E-state index contributed by atoms with van der Waals surface area (Å²) in [4.78, 5) is 9.72. The summed E-state index contributed by atoms with van der Waals surface area (Å²) in [5.74, 6) is 0.700. The van der Waals surface area contributed by atoms with Gasteiger partial charge in [0.1, 0.15) is 0 Å². The van der Waals surface area contributed by atoms with Crippen molar-refractivity contribution in [2.75, 3.05) is 0 Å². The van der Waals surface area contributed by atoms with Crippen LogP contribution in [0.25, 0.3) is 44.7 Å². The van der Waals surface area contributed by atoms with E-state index in [2.05, 4.69) is 24.3 Å². The van der Waals surface area contributed by atoms with Crippen molar-refractivity contribution in [2.45, 2.75) is 0 Å². The lowest BCUT2D eigenvalue weighted by Gasteiger charge is -2.11. The van der Waals surface area contributed by atoms with Crippen LogP contribution in [0.2, 0.25) is 5.02 Å². The Morgan fingerprint density at radius 2 is 1.10 bits per heavy atom. The van der Waals surface area contributed by atoms with Crippen molar-refractivity contribution in [3.8, 4) is 33.9 Å². The van der Waals surface area contributed by atoms with E-state index in [9.17, 15) is 0 Å². The van der Waals surface area contributed by atoms with Crippen LogP contribution < -0.4 is 0 Å². The van der Waals surface area contributed by atoms with Gasteiger partial charge in [-0.3, -0.25) is 0 Å². The highest BCUT2D eigenvalue weighted by molar-refractivity contribution is 6.35. The Bertz CT molecular complexity index is 1240. The van der Waals surface area contributed by atoms with E-state index < -0.39 is 0 Å². The minimum atomic E-state index is 0.700. The summed E-state index contributed by atoms with van der Waals surface area (Å²) in [5, 5.41) is 2.86. The summed E-state index contributed by atoms with van der Waals surface area (Å²) < 4.78 is 0. The monoisotopic (exact) mass is 392 g/mol. The zero-order chi connectivity index (χ0) is 19.6. The predicted octanol–water partition coefficient (Wildman–Crippen LogP) is 7.28. The normalized spacial score (nSPS) is 10.9. The van der Waals surface area contributed by atoms with Gasteiger partial charge in [-0.1, -0.05) is 96.5 Å². The molecule has 0 fully saturated rings. The number of hydrogen-bond acceptors (Lipinski definition) is 2. The number of benzene rings is 4. The predicted molar refractivity (Wildman–Crippen MR) is 121 cm³/mol. The molecule has 4 aromatic carbocycles. The lowest BCUT2D eigenvalue weighted by atomic mass is 10.0. The van der Waals surface area contributed by atoms with Gasteiger partial charge < -0.3 is 0 Å². The van der Waals surface area contributed by atoms with Gasteiger partial charge in [-0.05, 0) is 23.6 Å². The van der Waals surface area contributed by atoms with Crippen molar-refractivity contribution in [3.05, 3.63) is 108 Å². The van der Waals surface area contributed by atoms with Crippen LogP contribution in [-0.4, -0.2) is 9.97 Å². The third-order valence-electron chi connectivity index (χ3n) is 4.93. The summed E-state index contributed by atoms with van der Waals surface area (Å²) in [6, 6.07) is 34.5. The quantitative estimate of drug-likeness (QED) is 0.322. The number of halogens is 1. The molecule has 0 saturated carbocycles. The molecule has 0 aliphatic carbocycles. The molecule has 5 aromatic rings. The maximum Gasteiger partial charge on any atom is 0.160 e. The van der Waals surface area contributed by atoms with Gasteiger partial charge in [-0.25, -0.2) is 9.97 Å². The van der Waals surface area contributed by atoms with Gasteiger partial charge in [0.2, 0.25) is 0 Å². The number of nitrogens with zero attached hydrogens (tertiary/aromatic N) is 2. The Morgan fingerprint density at radius 1 is 0.517 bits per heavy atom. The highest BCUT2D eigenvalue weighted by atomic mass is 35.5. The minimum Gasteiger partial charge on any atom is -0.228 e. The third kappa shape index (κ3) is 3.51. The summed E-state index contributed by atoms with van der Waals surface area (Å²) in [5.41, 5.74) is 4.76. The van der Waals surface area contributed by atoms with E-state index in [0.717, 1.165) is 43.9 Å². The van der Waals surface area contributed by atoms with Crippen LogP contribution in [0.15, 0.2) is 103 Å².